The van der Waals surface area contributed by atoms with E-state index in [1.807, 2.05) is 0 Å². The van der Waals surface area contributed by atoms with Crippen LogP contribution in [0.2, 0.25) is 0 Å². The minimum Gasteiger partial charge on any atom is -0.496 e. The average Bonchev–Trinajstić information content (AvgIpc) is 2.71. The van der Waals surface area contributed by atoms with E-state index in [0.29, 0.717) is 28.3 Å². The van der Waals surface area contributed by atoms with Gasteiger partial charge in [0, 0.05) is 12.6 Å². The van der Waals surface area contributed by atoms with Crippen molar-refractivity contribution in [3.63, 3.8) is 0 Å². The highest BCUT2D eigenvalue weighted by molar-refractivity contribution is 5.98. The highest BCUT2D eigenvalue weighted by Gasteiger charge is 2.21. The van der Waals surface area contributed by atoms with Crippen molar-refractivity contribution in [2.75, 3.05) is 26.3 Å². The van der Waals surface area contributed by atoms with Gasteiger partial charge < -0.3 is 14.3 Å². The van der Waals surface area contributed by atoms with Crippen molar-refractivity contribution < 1.29 is 23.5 Å². The van der Waals surface area contributed by atoms with Gasteiger partial charge in [0.15, 0.2) is 11.6 Å². The molecular formula is C19H24FN5O4. The summed E-state index contributed by atoms with van der Waals surface area (Å²) in [5.74, 6) is 11.2. The van der Waals surface area contributed by atoms with Crippen molar-refractivity contribution in [1.29, 1.82) is 0 Å². The zero-order valence-electron chi connectivity index (χ0n) is 16.7. The fourth-order valence-corrected chi connectivity index (χ4v) is 2.57. The number of rotatable bonds is 7. The van der Waals surface area contributed by atoms with E-state index in [1.165, 1.54) is 33.4 Å². The topological polar surface area (TPSA) is 116 Å². The summed E-state index contributed by atoms with van der Waals surface area (Å²) in [6.45, 7) is 1.59. The fourth-order valence-electron chi connectivity index (χ4n) is 2.57. The molecule has 4 N–H and O–H groups in total. The molecule has 2 amide bonds. The first-order chi connectivity index (χ1) is 13.8. The van der Waals surface area contributed by atoms with Crippen LogP contribution in [0.15, 0.2) is 41.6 Å². The number of methoxy groups -OCH3 is 1. The number of hydrazine groups is 2. The summed E-state index contributed by atoms with van der Waals surface area (Å²) in [6.07, 6.45) is 0. The summed E-state index contributed by atoms with van der Waals surface area (Å²) in [5.41, 5.74) is 1.84. The van der Waals surface area contributed by atoms with Crippen molar-refractivity contribution in [3.05, 3.63) is 53.3 Å². The van der Waals surface area contributed by atoms with Gasteiger partial charge in [-0.25, -0.2) is 25.9 Å². The molecule has 0 atom stereocenters. The standard InChI is InChI=1S/C19H24FN5O4/c1-12(23-28-4)13-8-9-18(15(20)10-13)29-11-14-16(6-5-7-17(14)27-3)25(22)19(26)24(2)21/h5-10H,11,21-22H2,1-4H3/b23-12+. The molecule has 2 rings (SSSR count). The van der Waals surface area contributed by atoms with Gasteiger partial charge in [0.1, 0.15) is 19.5 Å². The highest BCUT2D eigenvalue weighted by Crippen LogP contribution is 2.30. The quantitative estimate of drug-likeness (QED) is 0.316. The molecule has 9 nitrogen and oxygen atoms in total. The molecule has 0 fully saturated rings. The Kier molecular flexibility index (Phi) is 7.34. The van der Waals surface area contributed by atoms with Crippen LogP contribution in [0, 0.1) is 5.82 Å². The molecule has 0 heterocycles. The van der Waals surface area contributed by atoms with Crippen LogP contribution in [0.4, 0.5) is 14.9 Å². The number of ether oxygens (including phenoxy) is 2. The van der Waals surface area contributed by atoms with Crippen LogP contribution in [0.1, 0.15) is 18.1 Å². The van der Waals surface area contributed by atoms with E-state index in [9.17, 15) is 9.18 Å². The molecular weight excluding hydrogens is 381 g/mol. The molecule has 0 aliphatic rings. The SMILES string of the molecule is CO/N=C(\C)c1ccc(OCc2c(OC)cccc2N(N)C(=O)N(C)N)c(F)c1. The van der Waals surface area contributed by atoms with Crippen LogP contribution in [0.3, 0.4) is 0 Å². The summed E-state index contributed by atoms with van der Waals surface area (Å²) in [6, 6.07) is 8.72. The van der Waals surface area contributed by atoms with Gasteiger partial charge in [-0.2, -0.15) is 0 Å². The molecule has 2 aromatic rings. The Labute approximate surface area is 168 Å². The summed E-state index contributed by atoms with van der Waals surface area (Å²) in [5, 5.41) is 5.48. The lowest BCUT2D eigenvalue weighted by Crippen LogP contribution is -2.49. The third-order valence-corrected chi connectivity index (χ3v) is 4.05. The number of hydrogen-bond donors (Lipinski definition) is 2. The second kappa shape index (κ2) is 9.71. The summed E-state index contributed by atoms with van der Waals surface area (Å²) >= 11 is 0. The smallest absolute Gasteiger partial charge is 0.352 e. The number of urea groups is 1. The summed E-state index contributed by atoms with van der Waals surface area (Å²) < 4.78 is 25.4. The number of amides is 2. The Hall–Kier alpha value is -3.37. The van der Waals surface area contributed by atoms with E-state index in [1.54, 1.807) is 31.2 Å². The molecule has 0 aliphatic carbocycles. The van der Waals surface area contributed by atoms with Gasteiger partial charge >= 0.3 is 6.03 Å². The fraction of sp³-hybridized carbons (Fsp3) is 0.263. The van der Waals surface area contributed by atoms with Crippen molar-refractivity contribution in [2.24, 2.45) is 16.8 Å². The van der Waals surface area contributed by atoms with E-state index < -0.39 is 11.8 Å². The Morgan fingerprint density at radius 3 is 2.48 bits per heavy atom. The first kappa shape index (κ1) is 21.9. The normalized spacial score (nSPS) is 11.1. The van der Waals surface area contributed by atoms with E-state index in [4.69, 9.17) is 26.0 Å². The van der Waals surface area contributed by atoms with Gasteiger partial charge in [-0.1, -0.05) is 11.2 Å². The van der Waals surface area contributed by atoms with Crippen molar-refractivity contribution in [2.45, 2.75) is 13.5 Å². The minimum absolute atomic E-state index is 0.0154. The molecule has 0 saturated carbocycles. The van der Waals surface area contributed by atoms with Crippen LogP contribution in [0.25, 0.3) is 0 Å². The first-order valence-electron chi connectivity index (χ1n) is 8.53. The molecule has 2 aromatic carbocycles. The molecule has 0 radical (unpaired) electrons. The molecule has 0 aliphatic heterocycles. The molecule has 29 heavy (non-hydrogen) atoms. The Balaban J connectivity index is 2.30. The number of nitrogens with zero attached hydrogens (tertiary/aromatic N) is 3. The predicted octanol–water partition coefficient (Wildman–Crippen LogP) is 2.39. The van der Waals surface area contributed by atoms with Crippen LogP contribution >= 0.6 is 0 Å². The number of benzene rings is 2. The zero-order chi connectivity index (χ0) is 21.6. The predicted molar refractivity (Wildman–Crippen MR) is 107 cm³/mol. The van der Waals surface area contributed by atoms with Crippen molar-refractivity contribution in [3.8, 4) is 11.5 Å². The number of halogens is 1. The Morgan fingerprint density at radius 1 is 1.17 bits per heavy atom. The number of nitrogens with two attached hydrogens (primary N) is 2. The van der Waals surface area contributed by atoms with Crippen LogP contribution in [-0.4, -0.2) is 38.0 Å². The van der Waals surface area contributed by atoms with Gasteiger partial charge in [0.2, 0.25) is 0 Å². The van der Waals surface area contributed by atoms with E-state index in [0.717, 1.165) is 10.0 Å². The monoisotopic (exact) mass is 405 g/mol. The number of carbonyl (C=O) groups is 1. The van der Waals surface area contributed by atoms with Crippen molar-refractivity contribution in [1.82, 2.24) is 5.01 Å². The molecule has 0 spiro atoms. The average molecular weight is 405 g/mol. The molecule has 0 saturated heterocycles. The molecule has 0 aromatic heterocycles. The van der Waals surface area contributed by atoms with E-state index in [2.05, 4.69) is 5.16 Å². The maximum absolute atomic E-state index is 14.5. The van der Waals surface area contributed by atoms with Gasteiger partial charge in [-0.15, -0.1) is 0 Å². The van der Waals surface area contributed by atoms with Crippen LogP contribution in [-0.2, 0) is 11.4 Å². The van der Waals surface area contributed by atoms with E-state index in [-0.39, 0.29) is 12.4 Å². The molecule has 10 heteroatoms. The third kappa shape index (κ3) is 5.12. The number of anilines is 1. The first-order valence-corrected chi connectivity index (χ1v) is 8.53. The van der Waals surface area contributed by atoms with E-state index >= 15 is 0 Å². The zero-order valence-corrected chi connectivity index (χ0v) is 16.7. The highest BCUT2D eigenvalue weighted by atomic mass is 19.1. The van der Waals surface area contributed by atoms with Gasteiger partial charge in [0.05, 0.1) is 24.1 Å². The number of oxime groups is 1. The molecule has 0 unspecified atom stereocenters. The summed E-state index contributed by atoms with van der Waals surface area (Å²) in [7, 11) is 4.24. The second-order valence-corrected chi connectivity index (χ2v) is 6.01. The molecule has 0 bridgehead atoms. The Bertz CT molecular complexity index is 904. The van der Waals surface area contributed by atoms with Gasteiger partial charge in [-0.05, 0) is 37.3 Å². The Morgan fingerprint density at radius 2 is 1.90 bits per heavy atom. The van der Waals surface area contributed by atoms with Crippen molar-refractivity contribution >= 4 is 17.4 Å². The lowest BCUT2D eigenvalue weighted by atomic mass is 10.1. The maximum atomic E-state index is 14.5. The largest absolute Gasteiger partial charge is 0.496 e. The minimum atomic E-state index is -0.650. The van der Waals surface area contributed by atoms with Gasteiger partial charge in [-0.3, -0.25) is 5.01 Å². The lowest BCUT2D eigenvalue weighted by Gasteiger charge is -2.24. The van der Waals surface area contributed by atoms with Crippen LogP contribution < -0.4 is 26.2 Å². The van der Waals surface area contributed by atoms with Crippen LogP contribution in [0.5, 0.6) is 11.5 Å². The molecule has 156 valence electrons. The maximum Gasteiger partial charge on any atom is 0.352 e. The number of hydrogen-bond acceptors (Lipinski definition) is 7. The van der Waals surface area contributed by atoms with Gasteiger partial charge in [0.25, 0.3) is 0 Å². The lowest BCUT2D eigenvalue weighted by molar-refractivity contribution is 0.213. The second-order valence-electron chi connectivity index (χ2n) is 6.01. The third-order valence-electron chi connectivity index (χ3n) is 4.05. The summed E-state index contributed by atoms with van der Waals surface area (Å²) in [4.78, 5) is 16.8. The number of carbonyl (C=O) groups excluding carboxylic acids is 1.